The monoisotopic (exact) mass is 240 g/mol. The lowest BCUT2D eigenvalue weighted by molar-refractivity contribution is -0.00424. The summed E-state index contributed by atoms with van der Waals surface area (Å²) in [7, 11) is 0. The van der Waals surface area contributed by atoms with E-state index >= 15 is 0 Å². The second kappa shape index (κ2) is 5.68. The van der Waals surface area contributed by atoms with Crippen molar-refractivity contribution in [3.63, 3.8) is 0 Å². The Kier molecular flexibility index (Phi) is 4.45. The van der Waals surface area contributed by atoms with Gasteiger partial charge in [-0.3, -0.25) is 4.90 Å². The number of hydrogen-bond acceptors (Lipinski definition) is 3. The first kappa shape index (κ1) is 13.3. The molecule has 0 amide bonds. The van der Waals surface area contributed by atoms with E-state index in [-0.39, 0.29) is 5.54 Å². The van der Waals surface area contributed by atoms with Crippen molar-refractivity contribution in [2.75, 3.05) is 26.2 Å². The smallest absolute Gasteiger partial charge is 0.0743 e. The lowest BCUT2D eigenvalue weighted by Gasteiger charge is -2.46. The Morgan fingerprint density at radius 2 is 2.06 bits per heavy atom. The van der Waals surface area contributed by atoms with Gasteiger partial charge in [-0.05, 0) is 45.2 Å². The van der Waals surface area contributed by atoms with Crippen molar-refractivity contribution >= 4 is 0 Å². The minimum atomic E-state index is 0.136. The zero-order valence-corrected chi connectivity index (χ0v) is 11.5. The number of nitrogens with zero attached hydrogens (tertiary/aromatic N) is 1. The predicted octanol–water partition coefficient (Wildman–Crippen LogP) is 2.00. The van der Waals surface area contributed by atoms with Gasteiger partial charge in [-0.15, -0.1) is 0 Å². The molecule has 2 aliphatic rings. The maximum absolute atomic E-state index is 6.06. The molecule has 0 aliphatic carbocycles. The standard InChI is InChI=1S/C14H28N2O/c1-3-4-13-5-8-16(9-6-13)14(11-15)7-10-17-12(14)2/h12-13H,3-11,15H2,1-2H3. The molecule has 0 saturated carbocycles. The Morgan fingerprint density at radius 3 is 2.53 bits per heavy atom. The molecule has 2 rings (SSSR count). The quantitative estimate of drug-likeness (QED) is 0.817. The van der Waals surface area contributed by atoms with E-state index in [0.717, 1.165) is 25.5 Å². The van der Waals surface area contributed by atoms with Gasteiger partial charge < -0.3 is 10.5 Å². The van der Waals surface area contributed by atoms with Crippen molar-refractivity contribution in [3.8, 4) is 0 Å². The summed E-state index contributed by atoms with van der Waals surface area (Å²) in [4.78, 5) is 2.62. The fourth-order valence-electron chi connectivity index (χ4n) is 3.66. The van der Waals surface area contributed by atoms with Crippen LogP contribution in [0.3, 0.4) is 0 Å². The number of likely N-dealkylation sites (tertiary alicyclic amines) is 1. The first-order chi connectivity index (χ1) is 8.23. The first-order valence-electron chi connectivity index (χ1n) is 7.29. The molecule has 17 heavy (non-hydrogen) atoms. The highest BCUT2D eigenvalue weighted by atomic mass is 16.5. The lowest BCUT2D eigenvalue weighted by Crippen LogP contribution is -2.60. The van der Waals surface area contributed by atoms with E-state index in [9.17, 15) is 0 Å². The molecule has 2 aliphatic heterocycles. The second-order valence-corrected chi connectivity index (χ2v) is 5.79. The summed E-state index contributed by atoms with van der Waals surface area (Å²) in [5.74, 6) is 0.948. The molecule has 0 radical (unpaired) electrons. The summed E-state index contributed by atoms with van der Waals surface area (Å²) in [6, 6.07) is 0. The average molecular weight is 240 g/mol. The number of rotatable bonds is 4. The van der Waals surface area contributed by atoms with Crippen molar-refractivity contribution in [1.29, 1.82) is 0 Å². The summed E-state index contributed by atoms with van der Waals surface area (Å²) < 4.78 is 5.77. The molecule has 2 fully saturated rings. The Morgan fingerprint density at radius 1 is 1.35 bits per heavy atom. The summed E-state index contributed by atoms with van der Waals surface area (Å²) in [6.07, 6.45) is 6.84. The average Bonchev–Trinajstić information content (AvgIpc) is 2.73. The molecule has 0 aromatic rings. The summed E-state index contributed by atoms with van der Waals surface area (Å²) in [5.41, 5.74) is 6.20. The van der Waals surface area contributed by atoms with Crippen molar-refractivity contribution in [2.45, 2.75) is 57.6 Å². The van der Waals surface area contributed by atoms with Crippen LogP contribution < -0.4 is 5.73 Å². The highest BCUT2D eigenvalue weighted by molar-refractivity contribution is 5.01. The predicted molar refractivity (Wildman–Crippen MR) is 71.0 cm³/mol. The van der Waals surface area contributed by atoms with Crippen LogP contribution >= 0.6 is 0 Å². The van der Waals surface area contributed by atoms with Crippen molar-refractivity contribution < 1.29 is 4.74 Å². The molecule has 0 aromatic carbocycles. The van der Waals surface area contributed by atoms with E-state index in [1.54, 1.807) is 0 Å². The number of nitrogens with two attached hydrogens (primary N) is 1. The van der Waals surface area contributed by atoms with E-state index in [1.165, 1.54) is 38.8 Å². The van der Waals surface area contributed by atoms with E-state index in [2.05, 4.69) is 18.7 Å². The molecule has 100 valence electrons. The van der Waals surface area contributed by atoms with Crippen LogP contribution in [0.25, 0.3) is 0 Å². The molecule has 2 saturated heterocycles. The fourth-order valence-corrected chi connectivity index (χ4v) is 3.66. The van der Waals surface area contributed by atoms with Crippen LogP contribution in [0, 0.1) is 5.92 Å². The van der Waals surface area contributed by atoms with E-state index in [1.807, 2.05) is 0 Å². The zero-order valence-electron chi connectivity index (χ0n) is 11.5. The largest absolute Gasteiger partial charge is 0.376 e. The van der Waals surface area contributed by atoms with Crippen LogP contribution in [0.15, 0.2) is 0 Å². The van der Waals surface area contributed by atoms with Gasteiger partial charge in [-0.2, -0.15) is 0 Å². The minimum absolute atomic E-state index is 0.136. The second-order valence-electron chi connectivity index (χ2n) is 5.79. The molecule has 2 heterocycles. The number of hydrogen-bond donors (Lipinski definition) is 1. The highest BCUT2D eigenvalue weighted by Crippen LogP contribution is 2.35. The van der Waals surface area contributed by atoms with Gasteiger partial charge in [-0.25, -0.2) is 0 Å². The Labute approximate surface area is 106 Å². The molecular formula is C14H28N2O. The molecule has 3 nitrogen and oxygen atoms in total. The minimum Gasteiger partial charge on any atom is -0.376 e. The lowest BCUT2D eigenvalue weighted by atomic mass is 9.84. The van der Waals surface area contributed by atoms with Gasteiger partial charge >= 0.3 is 0 Å². The van der Waals surface area contributed by atoms with E-state index in [4.69, 9.17) is 10.5 Å². The maximum atomic E-state index is 6.06. The van der Waals surface area contributed by atoms with Gasteiger partial charge in [0.05, 0.1) is 11.6 Å². The Balaban J connectivity index is 1.94. The number of piperidine rings is 1. The third kappa shape index (κ3) is 2.51. The van der Waals surface area contributed by atoms with Gasteiger partial charge in [0.25, 0.3) is 0 Å². The molecule has 3 heteroatoms. The van der Waals surface area contributed by atoms with Crippen LogP contribution in [0.2, 0.25) is 0 Å². The van der Waals surface area contributed by atoms with Gasteiger partial charge in [0.1, 0.15) is 0 Å². The summed E-state index contributed by atoms with van der Waals surface area (Å²) in [5, 5.41) is 0. The van der Waals surface area contributed by atoms with E-state index < -0.39 is 0 Å². The van der Waals surface area contributed by atoms with Gasteiger partial charge in [0.2, 0.25) is 0 Å². The molecule has 2 unspecified atom stereocenters. The molecule has 2 atom stereocenters. The van der Waals surface area contributed by atoms with Crippen LogP contribution in [0.4, 0.5) is 0 Å². The Bertz CT molecular complexity index is 238. The van der Waals surface area contributed by atoms with Gasteiger partial charge in [-0.1, -0.05) is 19.8 Å². The van der Waals surface area contributed by atoms with E-state index in [0.29, 0.717) is 6.10 Å². The molecule has 0 spiro atoms. The fraction of sp³-hybridized carbons (Fsp3) is 1.00. The third-order valence-electron chi connectivity index (χ3n) is 4.95. The Hall–Kier alpha value is -0.120. The van der Waals surface area contributed by atoms with Crippen LogP contribution in [0.5, 0.6) is 0 Å². The van der Waals surface area contributed by atoms with Crippen LogP contribution in [-0.4, -0.2) is 42.8 Å². The normalized spacial score (nSPS) is 36.5. The molecular weight excluding hydrogens is 212 g/mol. The zero-order chi connectivity index (χ0) is 12.3. The van der Waals surface area contributed by atoms with Crippen LogP contribution in [-0.2, 0) is 4.74 Å². The third-order valence-corrected chi connectivity index (χ3v) is 4.95. The molecule has 0 aromatic heterocycles. The first-order valence-corrected chi connectivity index (χ1v) is 7.29. The summed E-state index contributed by atoms with van der Waals surface area (Å²) >= 11 is 0. The van der Waals surface area contributed by atoms with Gasteiger partial charge in [0.15, 0.2) is 0 Å². The van der Waals surface area contributed by atoms with Crippen molar-refractivity contribution in [3.05, 3.63) is 0 Å². The maximum Gasteiger partial charge on any atom is 0.0743 e. The SMILES string of the molecule is CCCC1CCN(C2(CN)CCOC2C)CC1. The topological polar surface area (TPSA) is 38.5 Å². The molecule has 2 N–H and O–H groups in total. The molecule has 0 bridgehead atoms. The summed E-state index contributed by atoms with van der Waals surface area (Å²) in [6.45, 7) is 8.55. The van der Waals surface area contributed by atoms with Crippen molar-refractivity contribution in [2.24, 2.45) is 11.7 Å². The number of ether oxygens (including phenoxy) is 1. The van der Waals surface area contributed by atoms with Crippen molar-refractivity contribution in [1.82, 2.24) is 4.90 Å². The van der Waals surface area contributed by atoms with Gasteiger partial charge in [0, 0.05) is 13.2 Å². The van der Waals surface area contributed by atoms with Crippen LogP contribution in [0.1, 0.15) is 46.0 Å². The highest BCUT2D eigenvalue weighted by Gasteiger charge is 2.45.